The van der Waals surface area contributed by atoms with Crippen molar-refractivity contribution in [3.63, 3.8) is 0 Å². The van der Waals surface area contributed by atoms with Gasteiger partial charge in [-0.2, -0.15) is 0 Å². The molecule has 1 atom stereocenters. The summed E-state index contributed by atoms with van der Waals surface area (Å²) in [7, 11) is 0. The van der Waals surface area contributed by atoms with Gasteiger partial charge in [-0.25, -0.2) is 4.98 Å². The summed E-state index contributed by atoms with van der Waals surface area (Å²) < 4.78 is 2.25. The molecule has 0 fully saturated rings. The van der Waals surface area contributed by atoms with Crippen LogP contribution in [-0.4, -0.2) is 36.2 Å². The van der Waals surface area contributed by atoms with E-state index in [4.69, 9.17) is 4.98 Å². The lowest BCUT2D eigenvalue weighted by molar-refractivity contribution is 0.597. The van der Waals surface area contributed by atoms with Gasteiger partial charge in [0.05, 0.1) is 16.6 Å². The van der Waals surface area contributed by atoms with Crippen LogP contribution in [0.2, 0.25) is 0 Å². The molecule has 3 aromatic heterocycles. The Kier molecular flexibility index (Phi) is 4.33. The second-order valence-corrected chi connectivity index (χ2v) is 8.52. The molecule has 0 amide bonds. The quantitative estimate of drug-likeness (QED) is 0.473. The normalized spacial score (nSPS) is 16.0. The number of aryl methyl sites for hydroxylation is 1. The number of para-hydroxylation sites is 1. The van der Waals surface area contributed by atoms with E-state index in [2.05, 4.69) is 50.9 Å². The fourth-order valence-electron chi connectivity index (χ4n) is 3.34. The number of nitrogens with zero attached hydrogens (tertiary/aromatic N) is 5. The van der Waals surface area contributed by atoms with Gasteiger partial charge in [0.2, 0.25) is 0 Å². The van der Waals surface area contributed by atoms with E-state index < -0.39 is 0 Å². The summed E-state index contributed by atoms with van der Waals surface area (Å²) in [6.07, 6.45) is 3.62. The van der Waals surface area contributed by atoms with Gasteiger partial charge in [-0.1, -0.05) is 30.0 Å². The van der Waals surface area contributed by atoms with Crippen molar-refractivity contribution in [3.8, 4) is 11.4 Å². The number of rotatable bonds is 4. The zero-order valence-corrected chi connectivity index (χ0v) is 16.4. The summed E-state index contributed by atoms with van der Waals surface area (Å²) in [5, 5.41) is 12.0. The predicted octanol–water partition coefficient (Wildman–Crippen LogP) is 4.64. The SMILES string of the molecule is Cc1cc(SC[C@@H]2CSc3nnc(-c4cccnc4)n32)nc2ccccc12. The topological polar surface area (TPSA) is 56.5 Å². The molecule has 0 saturated carbocycles. The monoisotopic (exact) mass is 391 g/mol. The number of aromatic nitrogens is 5. The average molecular weight is 392 g/mol. The second-order valence-electron chi connectivity index (χ2n) is 6.49. The highest BCUT2D eigenvalue weighted by Crippen LogP contribution is 2.38. The Balaban J connectivity index is 1.41. The van der Waals surface area contributed by atoms with Crippen molar-refractivity contribution < 1.29 is 0 Å². The van der Waals surface area contributed by atoms with Crippen molar-refractivity contribution in [2.75, 3.05) is 11.5 Å². The standard InChI is InChI=1S/C20H17N5S2/c1-13-9-18(22-17-7-3-2-6-16(13)17)26-11-15-12-27-20-24-23-19(25(15)20)14-5-4-8-21-10-14/h2-10,15H,11-12H2,1H3/t15-/m1/s1. The third kappa shape index (κ3) is 3.11. The molecular formula is C20H17N5S2. The van der Waals surface area contributed by atoms with Crippen LogP contribution in [0.4, 0.5) is 0 Å². The van der Waals surface area contributed by atoms with E-state index in [-0.39, 0.29) is 0 Å². The lowest BCUT2D eigenvalue weighted by Gasteiger charge is -2.14. The molecule has 5 rings (SSSR count). The van der Waals surface area contributed by atoms with Crippen molar-refractivity contribution in [1.29, 1.82) is 0 Å². The summed E-state index contributed by atoms with van der Waals surface area (Å²) in [6, 6.07) is 14.8. The van der Waals surface area contributed by atoms with Crippen LogP contribution in [0, 0.1) is 6.92 Å². The Bertz CT molecular complexity index is 1110. The van der Waals surface area contributed by atoms with Crippen LogP contribution in [0.1, 0.15) is 11.6 Å². The van der Waals surface area contributed by atoms with E-state index in [1.807, 2.05) is 24.4 Å². The highest BCUT2D eigenvalue weighted by Gasteiger charge is 2.28. The van der Waals surface area contributed by atoms with E-state index >= 15 is 0 Å². The summed E-state index contributed by atoms with van der Waals surface area (Å²) in [4.78, 5) is 9.05. The van der Waals surface area contributed by atoms with Gasteiger partial charge in [0.1, 0.15) is 0 Å². The Morgan fingerprint density at radius 1 is 1.19 bits per heavy atom. The van der Waals surface area contributed by atoms with E-state index in [1.54, 1.807) is 29.7 Å². The first-order chi connectivity index (χ1) is 13.3. The Labute approximate surface area is 165 Å². The van der Waals surface area contributed by atoms with Crippen LogP contribution in [0.3, 0.4) is 0 Å². The number of benzene rings is 1. The van der Waals surface area contributed by atoms with Gasteiger partial charge in [-0.15, -0.1) is 22.0 Å². The molecule has 0 unspecified atom stereocenters. The van der Waals surface area contributed by atoms with E-state index in [1.165, 1.54) is 10.9 Å². The number of thioether (sulfide) groups is 2. The Morgan fingerprint density at radius 2 is 2.11 bits per heavy atom. The van der Waals surface area contributed by atoms with E-state index in [0.717, 1.165) is 38.6 Å². The van der Waals surface area contributed by atoms with Gasteiger partial charge in [0.25, 0.3) is 0 Å². The van der Waals surface area contributed by atoms with Crippen molar-refractivity contribution in [2.24, 2.45) is 0 Å². The summed E-state index contributed by atoms with van der Waals surface area (Å²) >= 11 is 3.57. The fourth-order valence-corrected chi connectivity index (χ4v) is 5.62. The van der Waals surface area contributed by atoms with Gasteiger partial charge in [-0.05, 0) is 36.8 Å². The molecule has 0 spiro atoms. The minimum atomic E-state index is 0.341. The molecule has 4 aromatic rings. The number of hydrogen-bond donors (Lipinski definition) is 0. The molecule has 1 aliphatic heterocycles. The molecule has 0 aliphatic carbocycles. The average Bonchev–Trinajstić information content (AvgIpc) is 3.29. The highest BCUT2D eigenvalue weighted by atomic mass is 32.2. The van der Waals surface area contributed by atoms with Crippen LogP contribution in [0.15, 0.2) is 65.0 Å². The Morgan fingerprint density at radius 3 is 3.00 bits per heavy atom. The lowest BCUT2D eigenvalue weighted by atomic mass is 10.1. The maximum absolute atomic E-state index is 4.83. The van der Waals surface area contributed by atoms with Crippen LogP contribution >= 0.6 is 23.5 Å². The molecule has 0 saturated heterocycles. The minimum Gasteiger partial charge on any atom is -0.297 e. The summed E-state index contributed by atoms with van der Waals surface area (Å²) in [5.41, 5.74) is 3.33. The zero-order chi connectivity index (χ0) is 18.2. The Hall–Kier alpha value is -2.38. The number of hydrogen-bond acceptors (Lipinski definition) is 6. The third-order valence-electron chi connectivity index (χ3n) is 4.68. The molecule has 134 valence electrons. The van der Waals surface area contributed by atoms with Gasteiger partial charge in [0.15, 0.2) is 11.0 Å². The number of fused-ring (bicyclic) bond motifs is 2. The first-order valence-electron chi connectivity index (χ1n) is 8.77. The van der Waals surface area contributed by atoms with Crippen LogP contribution in [-0.2, 0) is 0 Å². The van der Waals surface area contributed by atoms with E-state index in [9.17, 15) is 0 Å². The lowest BCUT2D eigenvalue weighted by Crippen LogP contribution is -2.11. The molecule has 0 radical (unpaired) electrons. The van der Waals surface area contributed by atoms with E-state index in [0.29, 0.717) is 6.04 Å². The molecule has 1 aliphatic rings. The first-order valence-corrected chi connectivity index (χ1v) is 10.7. The molecule has 5 nitrogen and oxygen atoms in total. The van der Waals surface area contributed by atoms with Crippen LogP contribution < -0.4 is 0 Å². The van der Waals surface area contributed by atoms with Crippen LogP contribution in [0.5, 0.6) is 0 Å². The van der Waals surface area contributed by atoms with Crippen molar-refractivity contribution in [2.45, 2.75) is 23.1 Å². The van der Waals surface area contributed by atoms with Crippen molar-refractivity contribution >= 4 is 34.4 Å². The van der Waals surface area contributed by atoms with Crippen molar-refractivity contribution in [1.82, 2.24) is 24.7 Å². The molecule has 7 heteroatoms. The fraction of sp³-hybridized carbons (Fsp3) is 0.200. The molecular weight excluding hydrogens is 374 g/mol. The predicted molar refractivity (Wildman–Crippen MR) is 110 cm³/mol. The molecule has 4 heterocycles. The van der Waals surface area contributed by atoms with Gasteiger partial charge >= 0.3 is 0 Å². The van der Waals surface area contributed by atoms with Gasteiger partial charge < -0.3 is 0 Å². The number of pyridine rings is 2. The third-order valence-corrected chi connectivity index (χ3v) is 6.82. The van der Waals surface area contributed by atoms with Gasteiger partial charge in [-0.3, -0.25) is 9.55 Å². The molecule has 1 aromatic carbocycles. The molecule has 27 heavy (non-hydrogen) atoms. The van der Waals surface area contributed by atoms with Crippen molar-refractivity contribution in [3.05, 3.63) is 60.4 Å². The zero-order valence-electron chi connectivity index (χ0n) is 14.7. The summed E-state index contributed by atoms with van der Waals surface area (Å²) in [5.74, 6) is 2.85. The smallest absolute Gasteiger partial charge is 0.191 e. The highest BCUT2D eigenvalue weighted by molar-refractivity contribution is 8.00. The largest absolute Gasteiger partial charge is 0.297 e. The molecule has 0 N–H and O–H groups in total. The maximum Gasteiger partial charge on any atom is 0.191 e. The maximum atomic E-state index is 4.83. The second kappa shape index (κ2) is 6.98. The molecule has 0 bridgehead atoms. The first kappa shape index (κ1) is 16.8. The summed E-state index contributed by atoms with van der Waals surface area (Å²) in [6.45, 7) is 2.15. The van der Waals surface area contributed by atoms with Gasteiger partial charge in [0, 0.05) is 34.8 Å². The minimum absolute atomic E-state index is 0.341. The van der Waals surface area contributed by atoms with Crippen LogP contribution in [0.25, 0.3) is 22.3 Å².